The van der Waals surface area contributed by atoms with Gasteiger partial charge in [-0.1, -0.05) is 365 Å². The van der Waals surface area contributed by atoms with Crippen LogP contribution in [0, 0.1) is 0 Å². The third-order valence-corrected chi connectivity index (χ3v) is 15.9. The quantitative estimate of drug-likeness (QED) is 0.0261. The summed E-state index contributed by atoms with van der Waals surface area (Å²) in [4.78, 5) is 38.3. The van der Waals surface area contributed by atoms with Crippen LogP contribution >= 0.6 is 0 Å². The minimum absolute atomic E-state index is 0.0898. The smallest absolute Gasteiger partial charge is 0.306 e. The Morgan fingerprint density at radius 1 is 0.266 bits per heavy atom. The number of ether oxygens (including phenoxy) is 3. The summed E-state index contributed by atoms with van der Waals surface area (Å²) >= 11 is 0. The van der Waals surface area contributed by atoms with Crippen molar-refractivity contribution in [2.75, 3.05) is 13.2 Å². The van der Waals surface area contributed by atoms with Gasteiger partial charge in [-0.15, -0.1) is 0 Å². The standard InChI is InChI=1S/C73H134O6/c1-4-7-10-13-16-19-22-25-27-29-31-32-33-34-35-36-37-38-39-40-42-43-45-48-51-54-57-60-63-66-72(75)78-69-70(68-77-71(74)65-62-59-56-53-50-47-24-21-18-15-12-9-6-3)79-73(76)67-64-61-58-55-52-49-46-44-41-30-28-26-23-20-17-14-11-8-5-2/h9,12,18,21,47,50,56,59,70H,4-8,10-11,13-17,19-20,22-46,48-49,51-55,57-58,60-69H2,1-3H3/b12-9-,21-18-,50-47-,59-56-. The van der Waals surface area contributed by atoms with E-state index < -0.39 is 6.10 Å². The van der Waals surface area contributed by atoms with Crippen molar-refractivity contribution < 1.29 is 28.6 Å². The van der Waals surface area contributed by atoms with Crippen LogP contribution in [0.5, 0.6) is 0 Å². The predicted octanol–water partition coefficient (Wildman–Crippen LogP) is 24.1. The van der Waals surface area contributed by atoms with Gasteiger partial charge in [0.05, 0.1) is 0 Å². The third kappa shape index (κ3) is 66.1. The minimum atomic E-state index is -0.799. The van der Waals surface area contributed by atoms with E-state index >= 15 is 0 Å². The molecule has 0 fully saturated rings. The van der Waals surface area contributed by atoms with Crippen LogP contribution in [0.1, 0.15) is 380 Å². The molecule has 1 unspecified atom stereocenters. The van der Waals surface area contributed by atoms with Crippen molar-refractivity contribution in [3.8, 4) is 0 Å². The Bertz CT molecular complexity index is 1360. The number of carbonyl (C=O) groups excluding carboxylic acids is 3. The minimum Gasteiger partial charge on any atom is -0.462 e. The molecule has 0 bridgehead atoms. The molecule has 79 heavy (non-hydrogen) atoms. The maximum Gasteiger partial charge on any atom is 0.306 e. The normalized spacial score (nSPS) is 12.3. The molecule has 0 aliphatic rings. The van der Waals surface area contributed by atoms with Gasteiger partial charge < -0.3 is 14.2 Å². The molecule has 0 saturated heterocycles. The van der Waals surface area contributed by atoms with Crippen molar-refractivity contribution in [2.45, 2.75) is 386 Å². The lowest BCUT2D eigenvalue weighted by molar-refractivity contribution is -0.166. The van der Waals surface area contributed by atoms with E-state index in [2.05, 4.69) is 63.3 Å². The Morgan fingerprint density at radius 3 is 0.772 bits per heavy atom. The molecule has 0 aliphatic carbocycles. The molecule has 0 rings (SSSR count). The van der Waals surface area contributed by atoms with E-state index in [0.29, 0.717) is 19.3 Å². The second-order valence-electron chi connectivity index (χ2n) is 23.8. The first-order valence-corrected chi connectivity index (χ1v) is 35.1. The highest BCUT2D eigenvalue weighted by atomic mass is 16.6. The molecule has 0 saturated carbocycles. The maximum absolute atomic E-state index is 12.9. The van der Waals surface area contributed by atoms with Crippen LogP contribution in [-0.2, 0) is 28.6 Å². The number of unbranched alkanes of at least 4 members (excludes halogenated alkanes) is 46. The molecule has 6 nitrogen and oxygen atoms in total. The molecule has 0 spiro atoms. The lowest BCUT2D eigenvalue weighted by Crippen LogP contribution is -2.30. The lowest BCUT2D eigenvalue weighted by atomic mass is 10.0. The van der Waals surface area contributed by atoms with Crippen molar-refractivity contribution in [1.29, 1.82) is 0 Å². The van der Waals surface area contributed by atoms with Crippen LogP contribution in [0.15, 0.2) is 48.6 Å². The molecule has 0 aromatic carbocycles. The highest BCUT2D eigenvalue weighted by Crippen LogP contribution is 2.19. The molecular formula is C73H134O6. The van der Waals surface area contributed by atoms with Gasteiger partial charge in [-0.2, -0.15) is 0 Å². The third-order valence-electron chi connectivity index (χ3n) is 15.9. The average molecular weight is 1110 g/mol. The van der Waals surface area contributed by atoms with Crippen molar-refractivity contribution >= 4 is 17.9 Å². The van der Waals surface area contributed by atoms with Gasteiger partial charge in [-0.05, 0) is 44.9 Å². The molecule has 6 heteroatoms. The molecule has 0 heterocycles. The zero-order valence-corrected chi connectivity index (χ0v) is 53.2. The van der Waals surface area contributed by atoms with Gasteiger partial charge in [0.2, 0.25) is 0 Å². The summed E-state index contributed by atoms with van der Waals surface area (Å²) in [7, 11) is 0. The Morgan fingerprint density at radius 2 is 0.494 bits per heavy atom. The fourth-order valence-electron chi connectivity index (χ4n) is 10.6. The maximum atomic E-state index is 12.9. The number of hydrogen-bond donors (Lipinski definition) is 0. The molecule has 0 aliphatic heterocycles. The van der Waals surface area contributed by atoms with Crippen molar-refractivity contribution in [3.05, 3.63) is 48.6 Å². The highest BCUT2D eigenvalue weighted by Gasteiger charge is 2.19. The van der Waals surface area contributed by atoms with Gasteiger partial charge in [-0.25, -0.2) is 0 Å². The zero-order chi connectivity index (χ0) is 57.1. The lowest BCUT2D eigenvalue weighted by Gasteiger charge is -2.18. The van der Waals surface area contributed by atoms with E-state index in [4.69, 9.17) is 14.2 Å². The molecule has 1 atom stereocenters. The summed E-state index contributed by atoms with van der Waals surface area (Å²) in [6.07, 6.45) is 86.0. The Kier molecular flexibility index (Phi) is 65.6. The van der Waals surface area contributed by atoms with E-state index in [1.807, 2.05) is 6.08 Å². The number of carbonyl (C=O) groups is 3. The van der Waals surface area contributed by atoms with Crippen LogP contribution < -0.4 is 0 Å². The van der Waals surface area contributed by atoms with Gasteiger partial charge in [0.15, 0.2) is 6.10 Å². The SMILES string of the molecule is CC/C=C\C/C=C\C/C=C\C/C=C\CCC(=O)OCC(COC(=O)CCCCCCCCCCCCCCCCCCCCCCCCCCCCCCC)OC(=O)CCCCCCCCCCCCCCCCCCCCC. The monoisotopic (exact) mass is 1110 g/mol. The van der Waals surface area contributed by atoms with Gasteiger partial charge >= 0.3 is 17.9 Å². The van der Waals surface area contributed by atoms with Crippen molar-refractivity contribution in [3.63, 3.8) is 0 Å². The van der Waals surface area contributed by atoms with E-state index in [9.17, 15) is 14.4 Å². The van der Waals surface area contributed by atoms with E-state index in [0.717, 1.165) is 64.2 Å². The zero-order valence-electron chi connectivity index (χ0n) is 53.2. The number of esters is 3. The number of allylic oxidation sites excluding steroid dienone is 8. The fraction of sp³-hybridized carbons (Fsp3) is 0.849. The van der Waals surface area contributed by atoms with E-state index in [-0.39, 0.29) is 37.5 Å². The van der Waals surface area contributed by atoms with Gasteiger partial charge in [0, 0.05) is 19.3 Å². The van der Waals surface area contributed by atoms with Crippen molar-refractivity contribution in [1.82, 2.24) is 0 Å². The van der Waals surface area contributed by atoms with Crippen LogP contribution in [-0.4, -0.2) is 37.2 Å². The summed E-state index contributed by atoms with van der Waals surface area (Å²) < 4.78 is 16.9. The van der Waals surface area contributed by atoms with Gasteiger partial charge in [-0.3, -0.25) is 14.4 Å². The van der Waals surface area contributed by atoms with E-state index in [1.165, 1.54) is 270 Å². The summed E-state index contributed by atoms with van der Waals surface area (Å²) in [6, 6.07) is 0. The number of rotatable bonds is 65. The first kappa shape index (κ1) is 76.4. The number of hydrogen-bond acceptors (Lipinski definition) is 6. The van der Waals surface area contributed by atoms with Gasteiger partial charge in [0.1, 0.15) is 13.2 Å². The molecule has 0 radical (unpaired) electrons. The first-order valence-electron chi connectivity index (χ1n) is 35.1. The average Bonchev–Trinajstić information content (AvgIpc) is 3.45. The van der Waals surface area contributed by atoms with Crippen LogP contribution in [0.3, 0.4) is 0 Å². The van der Waals surface area contributed by atoms with Crippen LogP contribution in [0.2, 0.25) is 0 Å². The summed E-state index contributed by atoms with van der Waals surface area (Å²) in [5.74, 6) is -0.949. The Hall–Kier alpha value is -2.63. The summed E-state index contributed by atoms with van der Waals surface area (Å²) in [5.41, 5.74) is 0. The second kappa shape index (κ2) is 67.9. The largest absolute Gasteiger partial charge is 0.462 e. The Balaban J connectivity index is 4.20. The van der Waals surface area contributed by atoms with Crippen molar-refractivity contribution in [2.24, 2.45) is 0 Å². The Labute approximate surface area is 492 Å². The molecule has 0 aromatic rings. The predicted molar refractivity (Wildman–Crippen MR) is 344 cm³/mol. The first-order chi connectivity index (χ1) is 39.0. The van der Waals surface area contributed by atoms with Gasteiger partial charge in [0.25, 0.3) is 0 Å². The molecular weight excluding hydrogens is 973 g/mol. The van der Waals surface area contributed by atoms with Crippen LogP contribution in [0.4, 0.5) is 0 Å². The van der Waals surface area contributed by atoms with Crippen LogP contribution in [0.25, 0.3) is 0 Å². The molecule has 0 N–H and O–H groups in total. The molecule has 0 amide bonds. The summed E-state index contributed by atoms with van der Waals surface area (Å²) in [6.45, 7) is 6.53. The second-order valence-corrected chi connectivity index (χ2v) is 23.8. The fourth-order valence-corrected chi connectivity index (χ4v) is 10.6. The highest BCUT2D eigenvalue weighted by molar-refractivity contribution is 5.71. The molecule has 0 aromatic heterocycles. The van der Waals surface area contributed by atoms with E-state index in [1.54, 1.807) is 0 Å². The topological polar surface area (TPSA) is 78.9 Å². The molecule has 462 valence electrons. The summed E-state index contributed by atoms with van der Waals surface area (Å²) in [5, 5.41) is 0.